The minimum atomic E-state index is -0.432. The summed E-state index contributed by atoms with van der Waals surface area (Å²) in [5.74, 6) is 0. The van der Waals surface area contributed by atoms with Crippen LogP contribution in [-0.2, 0) is 0 Å². The Bertz CT molecular complexity index is 1250. The first-order chi connectivity index (χ1) is 14.1. The van der Waals surface area contributed by atoms with Gasteiger partial charge in [-0.3, -0.25) is 10.1 Å². The van der Waals surface area contributed by atoms with Crippen LogP contribution in [0.2, 0.25) is 0 Å². The van der Waals surface area contributed by atoms with Crippen LogP contribution >= 0.6 is 22.7 Å². The Morgan fingerprint density at radius 2 is 1.83 bits per heavy atom. The van der Waals surface area contributed by atoms with E-state index < -0.39 is 4.92 Å². The molecule has 0 saturated carbocycles. The Hall–Kier alpha value is -3.67. The zero-order chi connectivity index (χ0) is 20.2. The van der Waals surface area contributed by atoms with Gasteiger partial charge in [-0.25, -0.2) is 9.97 Å². The Balaban J connectivity index is 1.62. The number of aromatic nitrogens is 2. The summed E-state index contributed by atoms with van der Waals surface area (Å²) in [6.07, 6.45) is 1.69. The Morgan fingerprint density at radius 3 is 2.59 bits per heavy atom. The van der Waals surface area contributed by atoms with E-state index >= 15 is 0 Å². The third-order valence-corrected chi connectivity index (χ3v) is 5.83. The first-order valence-corrected chi connectivity index (χ1v) is 10.2. The lowest BCUT2D eigenvalue weighted by Gasteiger charge is -1.96. The highest BCUT2D eigenvalue weighted by molar-refractivity contribution is 7.13. The van der Waals surface area contributed by atoms with Gasteiger partial charge in [-0.2, -0.15) is 5.26 Å². The van der Waals surface area contributed by atoms with Crippen LogP contribution in [0, 0.1) is 21.4 Å². The van der Waals surface area contributed by atoms with Crippen molar-refractivity contribution < 1.29 is 4.92 Å². The minimum Gasteiger partial charge on any atom is -0.258 e. The zero-order valence-electron chi connectivity index (χ0n) is 14.9. The van der Waals surface area contributed by atoms with Crippen molar-refractivity contribution >= 4 is 40.0 Å². The van der Waals surface area contributed by atoms with Crippen molar-refractivity contribution in [2.75, 3.05) is 0 Å². The van der Waals surface area contributed by atoms with Crippen LogP contribution in [0.5, 0.6) is 0 Å². The van der Waals surface area contributed by atoms with Gasteiger partial charge in [0.1, 0.15) is 16.1 Å². The van der Waals surface area contributed by atoms with Gasteiger partial charge in [-0.15, -0.1) is 22.7 Å². The van der Waals surface area contributed by atoms with Gasteiger partial charge in [0.25, 0.3) is 5.69 Å². The SMILES string of the molecule is N#C/C(=C/c1csc(-c2cccc([N+](=O)[O-])c2)n1)c1nc(-c2ccccc2)cs1. The van der Waals surface area contributed by atoms with Crippen molar-refractivity contribution in [3.05, 3.63) is 86.2 Å². The average molecular weight is 416 g/mol. The molecule has 0 amide bonds. The van der Waals surface area contributed by atoms with E-state index in [1.54, 1.807) is 18.2 Å². The molecule has 2 heterocycles. The number of nitro groups is 1. The number of nitriles is 1. The molecule has 2 aromatic carbocycles. The standard InChI is InChI=1S/C21H12N4O2S2/c22-11-16(21-24-19(13-29-21)14-5-2-1-3-6-14)9-17-12-28-20(23-17)15-7-4-8-18(10-15)25(26)27/h1-10,12-13H/b16-9-. The van der Waals surface area contributed by atoms with E-state index in [4.69, 9.17) is 0 Å². The maximum Gasteiger partial charge on any atom is 0.270 e. The van der Waals surface area contributed by atoms with Gasteiger partial charge in [-0.05, 0) is 6.08 Å². The molecule has 0 spiro atoms. The minimum absolute atomic E-state index is 0.0173. The summed E-state index contributed by atoms with van der Waals surface area (Å²) in [5, 5.41) is 25.6. The summed E-state index contributed by atoms with van der Waals surface area (Å²) in [6.45, 7) is 0. The molecule has 0 aliphatic carbocycles. The van der Waals surface area contributed by atoms with Gasteiger partial charge in [0.2, 0.25) is 0 Å². The largest absolute Gasteiger partial charge is 0.270 e. The van der Waals surface area contributed by atoms with Gasteiger partial charge in [0.05, 0.1) is 21.9 Å². The molecule has 4 aromatic rings. The van der Waals surface area contributed by atoms with Crippen LogP contribution in [0.3, 0.4) is 0 Å². The fourth-order valence-electron chi connectivity index (χ4n) is 2.67. The lowest BCUT2D eigenvalue weighted by Crippen LogP contribution is -1.88. The van der Waals surface area contributed by atoms with Gasteiger partial charge in [0, 0.05) is 34.0 Å². The van der Waals surface area contributed by atoms with E-state index in [0.717, 1.165) is 11.3 Å². The molecule has 140 valence electrons. The van der Waals surface area contributed by atoms with Crippen molar-refractivity contribution in [2.24, 2.45) is 0 Å². The number of rotatable bonds is 5. The molecule has 0 N–H and O–H groups in total. The maximum absolute atomic E-state index is 11.0. The monoisotopic (exact) mass is 416 g/mol. The Morgan fingerprint density at radius 1 is 1.03 bits per heavy atom. The summed E-state index contributed by atoms with van der Waals surface area (Å²) in [5.41, 5.74) is 3.54. The summed E-state index contributed by atoms with van der Waals surface area (Å²) < 4.78 is 0. The molecule has 0 atom stereocenters. The lowest BCUT2D eigenvalue weighted by atomic mass is 10.2. The number of thiazole rings is 2. The normalized spacial score (nSPS) is 11.2. The fraction of sp³-hybridized carbons (Fsp3) is 0. The first-order valence-electron chi connectivity index (χ1n) is 8.47. The Labute approximate surface area is 174 Å². The summed E-state index contributed by atoms with van der Waals surface area (Å²) in [7, 11) is 0. The average Bonchev–Trinajstić information content (AvgIpc) is 3.43. The van der Waals surface area contributed by atoms with Crippen LogP contribution in [0.15, 0.2) is 65.4 Å². The second kappa shape index (κ2) is 8.14. The van der Waals surface area contributed by atoms with Crippen molar-refractivity contribution in [1.29, 1.82) is 5.26 Å². The number of nitrogens with zero attached hydrogens (tertiary/aromatic N) is 4. The van der Waals surface area contributed by atoms with E-state index in [0.29, 0.717) is 26.8 Å². The molecule has 0 aliphatic rings. The van der Waals surface area contributed by atoms with E-state index in [1.165, 1.54) is 34.8 Å². The molecule has 29 heavy (non-hydrogen) atoms. The fourth-order valence-corrected chi connectivity index (χ4v) is 4.24. The van der Waals surface area contributed by atoms with Gasteiger partial charge in [-0.1, -0.05) is 42.5 Å². The van der Waals surface area contributed by atoms with E-state index in [2.05, 4.69) is 16.0 Å². The second-order valence-corrected chi connectivity index (χ2v) is 7.67. The van der Waals surface area contributed by atoms with Crippen LogP contribution in [0.25, 0.3) is 33.5 Å². The predicted molar refractivity (Wildman–Crippen MR) is 115 cm³/mol. The zero-order valence-corrected chi connectivity index (χ0v) is 16.5. The number of nitro benzene ring substituents is 1. The Kier molecular flexibility index (Phi) is 5.24. The molecular weight excluding hydrogens is 404 g/mol. The quantitative estimate of drug-likeness (QED) is 0.229. The van der Waals surface area contributed by atoms with Crippen molar-refractivity contribution in [1.82, 2.24) is 9.97 Å². The van der Waals surface area contributed by atoms with E-state index in [9.17, 15) is 15.4 Å². The van der Waals surface area contributed by atoms with Crippen LogP contribution in [0.4, 0.5) is 5.69 Å². The van der Waals surface area contributed by atoms with Gasteiger partial charge >= 0.3 is 0 Å². The molecular formula is C21H12N4O2S2. The molecule has 0 saturated heterocycles. The molecule has 8 heteroatoms. The highest BCUT2D eigenvalue weighted by Gasteiger charge is 2.12. The summed E-state index contributed by atoms with van der Waals surface area (Å²) >= 11 is 2.77. The van der Waals surface area contributed by atoms with Crippen molar-refractivity contribution in [3.63, 3.8) is 0 Å². The summed E-state index contributed by atoms with van der Waals surface area (Å²) in [6, 6.07) is 18.3. The third-order valence-electron chi connectivity index (χ3n) is 4.04. The smallest absolute Gasteiger partial charge is 0.258 e. The third kappa shape index (κ3) is 4.11. The molecule has 0 unspecified atom stereocenters. The van der Waals surface area contributed by atoms with Crippen LogP contribution < -0.4 is 0 Å². The highest BCUT2D eigenvalue weighted by Crippen LogP contribution is 2.30. The van der Waals surface area contributed by atoms with Gasteiger partial charge < -0.3 is 0 Å². The van der Waals surface area contributed by atoms with Crippen LogP contribution in [0.1, 0.15) is 10.7 Å². The maximum atomic E-state index is 11.0. The molecule has 0 radical (unpaired) electrons. The number of non-ortho nitro benzene ring substituents is 1. The number of hydrogen-bond acceptors (Lipinski definition) is 7. The molecule has 6 nitrogen and oxygen atoms in total. The van der Waals surface area contributed by atoms with Crippen molar-refractivity contribution in [3.8, 4) is 27.9 Å². The molecule has 0 bridgehead atoms. The number of hydrogen-bond donors (Lipinski definition) is 0. The topological polar surface area (TPSA) is 92.7 Å². The highest BCUT2D eigenvalue weighted by atomic mass is 32.1. The van der Waals surface area contributed by atoms with Crippen molar-refractivity contribution in [2.45, 2.75) is 0 Å². The molecule has 0 fully saturated rings. The predicted octanol–water partition coefficient (Wildman–Crippen LogP) is 5.91. The molecule has 0 aliphatic heterocycles. The first kappa shape index (κ1) is 18.7. The van der Waals surface area contributed by atoms with Gasteiger partial charge in [0.15, 0.2) is 0 Å². The molecule has 2 aromatic heterocycles. The lowest BCUT2D eigenvalue weighted by molar-refractivity contribution is -0.384. The number of allylic oxidation sites excluding steroid dienone is 1. The molecule has 4 rings (SSSR count). The van der Waals surface area contributed by atoms with E-state index in [-0.39, 0.29) is 5.69 Å². The summed E-state index contributed by atoms with van der Waals surface area (Å²) in [4.78, 5) is 19.6. The van der Waals surface area contributed by atoms with Crippen LogP contribution in [-0.4, -0.2) is 14.9 Å². The second-order valence-electron chi connectivity index (χ2n) is 5.96. The number of benzene rings is 2. The van der Waals surface area contributed by atoms with E-state index in [1.807, 2.05) is 41.1 Å².